The Balaban J connectivity index is 1.14. The van der Waals surface area contributed by atoms with E-state index in [1.54, 1.807) is 0 Å². The van der Waals surface area contributed by atoms with E-state index in [0.717, 1.165) is 17.1 Å². The molecule has 0 spiro atoms. The minimum Gasteiger partial charge on any atom is -0.310 e. The van der Waals surface area contributed by atoms with Gasteiger partial charge in [-0.2, -0.15) is 0 Å². The number of nitrogens with zero attached hydrogens (tertiary/aromatic N) is 1. The minimum atomic E-state index is -0.311. The van der Waals surface area contributed by atoms with E-state index in [4.69, 9.17) is 0 Å². The Morgan fingerprint density at radius 2 is 1.04 bits per heavy atom. The van der Waals surface area contributed by atoms with Crippen molar-refractivity contribution in [1.29, 1.82) is 0 Å². The fourth-order valence-electron chi connectivity index (χ4n) is 9.73. The molecular formula is C56H55N. The monoisotopic (exact) mass is 741 g/mol. The van der Waals surface area contributed by atoms with Crippen LogP contribution in [0.2, 0.25) is 0 Å². The first-order valence-corrected chi connectivity index (χ1v) is 21.3. The summed E-state index contributed by atoms with van der Waals surface area (Å²) in [5.41, 5.74) is 17.7. The molecule has 7 aromatic rings. The highest BCUT2D eigenvalue weighted by Crippen LogP contribution is 2.54. The van der Waals surface area contributed by atoms with E-state index in [2.05, 4.69) is 202 Å². The van der Waals surface area contributed by atoms with Crippen LogP contribution in [0, 0.1) is 0 Å². The molecule has 0 saturated heterocycles. The molecule has 1 fully saturated rings. The second-order valence-corrected chi connectivity index (χ2v) is 17.7. The summed E-state index contributed by atoms with van der Waals surface area (Å²) in [6, 6.07) is 64.0. The smallest absolute Gasteiger partial charge is 0.0540 e. The van der Waals surface area contributed by atoms with E-state index in [1.165, 1.54) is 106 Å². The maximum absolute atomic E-state index is 2.47. The summed E-state index contributed by atoms with van der Waals surface area (Å²) in [7, 11) is 0. The molecule has 1 unspecified atom stereocenters. The van der Waals surface area contributed by atoms with Crippen molar-refractivity contribution in [3.63, 3.8) is 0 Å². The fraction of sp³-hybridized carbons (Fsp3) is 0.250. The minimum absolute atomic E-state index is 0.0949. The maximum Gasteiger partial charge on any atom is 0.0540 e. The largest absolute Gasteiger partial charge is 0.310 e. The summed E-state index contributed by atoms with van der Waals surface area (Å²) in [4.78, 5) is 2.47. The Bertz CT molecular complexity index is 2460. The normalized spacial score (nSPS) is 17.0. The Hall–Kier alpha value is -5.66. The molecule has 0 bridgehead atoms. The molecule has 0 radical (unpaired) electrons. The lowest BCUT2D eigenvalue weighted by atomic mass is 9.73. The quantitative estimate of drug-likeness (QED) is 0.157. The van der Waals surface area contributed by atoms with Crippen LogP contribution >= 0.6 is 0 Å². The van der Waals surface area contributed by atoms with Crippen molar-refractivity contribution in [1.82, 2.24) is 0 Å². The van der Waals surface area contributed by atoms with Gasteiger partial charge in [-0.1, -0.05) is 192 Å². The summed E-state index contributed by atoms with van der Waals surface area (Å²) in [6.45, 7) is 9.30. The molecule has 1 saturated carbocycles. The average Bonchev–Trinajstić information content (AvgIpc) is 3.49. The van der Waals surface area contributed by atoms with Gasteiger partial charge in [-0.3, -0.25) is 0 Å². The van der Waals surface area contributed by atoms with Gasteiger partial charge in [-0.25, -0.2) is 0 Å². The summed E-state index contributed by atoms with van der Waals surface area (Å²) < 4.78 is 0. The number of hydrogen-bond donors (Lipinski definition) is 0. The van der Waals surface area contributed by atoms with E-state index in [1.807, 2.05) is 0 Å². The molecule has 0 aromatic heterocycles. The predicted molar refractivity (Wildman–Crippen MR) is 243 cm³/mol. The van der Waals surface area contributed by atoms with Gasteiger partial charge in [0.15, 0.2) is 0 Å². The molecular weight excluding hydrogens is 687 g/mol. The molecule has 1 atom stereocenters. The van der Waals surface area contributed by atoms with Gasteiger partial charge in [-0.05, 0) is 117 Å². The Morgan fingerprint density at radius 1 is 0.474 bits per heavy atom. The van der Waals surface area contributed by atoms with Gasteiger partial charge in [-0.15, -0.1) is 0 Å². The standard InChI is InChI=1S/C56H55N/c1-55(2,3)45-31-33-46(34-32-45)56(4)52-23-15-13-22-50(52)51-38-37-48(39-53(51)56)57(54-24-16-14-21-49(54)44-19-11-8-12-20-44)47-35-29-43(30-36-47)42-27-25-41(26-28-42)40-17-9-6-5-7-10-18-40/h8,11-16,19-40H,5-7,9-10,17-18H2,1-4H3. The van der Waals surface area contributed by atoms with Crippen molar-refractivity contribution in [2.45, 2.75) is 89.4 Å². The predicted octanol–water partition coefficient (Wildman–Crippen LogP) is 16.0. The third-order valence-corrected chi connectivity index (χ3v) is 13.1. The zero-order chi connectivity index (χ0) is 39.0. The summed E-state index contributed by atoms with van der Waals surface area (Å²) in [6.07, 6.45) is 9.55. The molecule has 0 heterocycles. The highest BCUT2D eigenvalue weighted by atomic mass is 15.1. The molecule has 0 amide bonds. The zero-order valence-corrected chi connectivity index (χ0v) is 34.1. The molecule has 7 aromatic carbocycles. The average molecular weight is 742 g/mol. The second kappa shape index (κ2) is 15.4. The summed E-state index contributed by atoms with van der Waals surface area (Å²) in [5.74, 6) is 0.699. The van der Waals surface area contributed by atoms with E-state index < -0.39 is 0 Å². The first-order valence-electron chi connectivity index (χ1n) is 21.3. The Kier molecular flexibility index (Phi) is 9.95. The lowest BCUT2D eigenvalue weighted by Crippen LogP contribution is -2.23. The van der Waals surface area contributed by atoms with Crippen LogP contribution in [-0.2, 0) is 10.8 Å². The topological polar surface area (TPSA) is 3.24 Å². The van der Waals surface area contributed by atoms with Gasteiger partial charge < -0.3 is 4.90 Å². The summed E-state index contributed by atoms with van der Waals surface area (Å²) >= 11 is 0. The number of fused-ring (bicyclic) bond motifs is 3. The van der Waals surface area contributed by atoms with Crippen LogP contribution in [0.15, 0.2) is 170 Å². The van der Waals surface area contributed by atoms with Crippen LogP contribution < -0.4 is 4.90 Å². The van der Waals surface area contributed by atoms with Crippen LogP contribution in [0.25, 0.3) is 33.4 Å². The lowest BCUT2D eigenvalue weighted by molar-refractivity contribution is 0.455. The van der Waals surface area contributed by atoms with Gasteiger partial charge in [0.1, 0.15) is 0 Å². The zero-order valence-electron chi connectivity index (χ0n) is 34.1. The van der Waals surface area contributed by atoms with Gasteiger partial charge in [0.2, 0.25) is 0 Å². The lowest BCUT2D eigenvalue weighted by Gasteiger charge is -2.32. The van der Waals surface area contributed by atoms with Crippen molar-refractivity contribution in [2.75, 3.05) is 4.90 Å². The molecule has 57 heavy (non-hydrogen) atoms. The van der Waals surface area contributed by atoms with Crippen LogP contribution in [0.5, 0.6) is 0 Å². The third-order valence-electron chi connectivity index (χ3n) is 13.1. The molecule has 1 heteroatoms. The molecule has 1 nitrogen and oxygen atoms in total. The molecule has 0 aliphatic heterocycles. The number of rotatable bonds is 7. The second-order valence-electron chi connectivity index (χ2n) is 17.7. The highest BCUT2D eigenvalue weighted by Gasteiger charge is 2.41. The number of para-hydroxylation sites is 1. The molecule has 2 aliphatic rings. The fourth-order valence-corrected chi connectivity index (χ4v) is 9.73. The van der Waals surface area contributed by atoms with Crippen LogP contribution in [0.4, 0.5) is 17.1 Å². The van der Waals surface area contributed by atoms with E-state index in [0.29, 0.717) is 5.92 Å². The number of anilines is 3. The molecule has 0 N–H and O–H groups in total. The SMILES string of the molecule is CC(C)(C)c1ccc(C2(C)c3ccccc3-c3ccc(N(c4ccc(-c5ccc(C6CCCCCCC6)cc5)cc4)c4ccccc4-c4ccccc4)cc32)cc1. The third kappa shape index (κ3) is 7.03. The van der Waals surface area contributed by atoms with E-state index in [9.17, 15) is 0 Å². The van der Waals surface area contributed by atoms with Crippen molar-refractivity contribution in [3.05, 3.63) is 198 Å². The number of hydrogen-bond acceptors (Lipinski definition) is 1. The first-order chi connectivity index (χ1) is 27.8. The van der Waals surface area contributed by atoms with Crippen molar-refractivity contribution in [2.24, 2.45) is 0 Å². The van der Waals surface area contributed by atoms with E-state index in [-0.39, 0.29) is 10.8 Å². The molecule has 284 valence electrons. The van der Waals surface area contributed by atoms with Crippen LogP contribution in [-0.4, -0.2) is 0 Å². The van der Waals surface area contributed by atoms with Gasteiger partial charge in [0.05, 0.1) is 5.69 Å². The van der Waals surface area contributed by atoms with Crippen LogP contribution in [0.1, 0.15) is 106 Å². The number of benzene rings is 7. The van der Waals surface area contributed by atoms with Crippen LogP contribution in [0.3, 0.4) is 0 Å². The Labute approximate surface area is 341 Å². The van der Waals surface area contributed by atoms with Gasteiger partial charge >= 0.3 is 0 Å². The van der Waals surface area contributed by atoms with Crippen molar-refractivity contribution < 1.29 is 0 Å². The Morgan fingerprint density at radius 3 is 1.72 bits per heavy atom. The maximum atomic E-state index is 2.47. The van der Waals surface area contributed by atoms with E-state index >= 15 is 0 Å². The van der Waals surface area contributed by atoms with Gasteiger partial charge in [0.25, 0.3) is 0 Å². The van der Waals surface area contributed by atoms with Gasteiger partial charge in [0, 0.05) is 22.4 Å². The highest BCUT2D eigenvalue weighted by molar-refractivity contribution is 5.91. The summed E-state index contributed by atoms with van der Waals surface area (Å²) in [5, 5.41) is 0. The molecule has 9 rings (SSSR count). The van der Waals surface area contributed by atoms with Crippen molar-refractivity contribution >= 4 is 17.1 Å². The first kappa shape index (κ1) is 36.9. The molecule has 2 aliphatic carbocycles. The van der Waals surface area contributed by atoms with Crippen molar-refractivity contribution in [3.8, 4) is 33.4 Å².